The van der Waals surface area contributed by atoms with Crippen LogP contribution in [0.4, 0.5) is 0 Å². The van der Waals surface area contributed by atoms with E-state index in [1.807, 2.05) is 0 Å². The summed E-state index contributed by atoms with van der Waals surface area (Å²) < 4.78 is 0. The summed E-state index contributed by atoms with van der Waals surface area (Å²) in [6.45, 7) is 0.384. The van der Waals surface area contributed by atoms with Gasteiger partial charge in [-0.25, -0.2) is 0 Å². The summed E-state index contributed by atoms with van der Waals surface area (Å²) >= 11 is 0. The van der Waals surface area contributed by atoms with Crippen molar-refractivity contribution in [2.75, 3.05) is 6.61 Å². The molecular weight excluding hydrogens is 248 g/mol. The average molecular weight is 264 g/mol. The Balaban J connectivity index is 5.88. The van der Waals surface area contributed by atoms with Crippen LogP contribution >= 0.6 is 0 Å². The van der Waals surface area contributed by atoms with E-state index in [1.165, 1.54) is 0 Å². The number of aliphatic hydroxyl groups is 5. The van der Waals surface area contributed by atoms with Crippen molar-refractivity contribution in [2.24, 2.45) is 0 Å². The second-order valence-electron chi connectivity index (χ2n) is 3.96. The van der Waals surface area contributed by atoms with Crippen molar-refractivity contribution >= 4 is 17.9 Å². The molecular formula is C10H16O8. The van der Waals surface area contributed by atoms with Gasteiger partial charge in [0.1, 0.15) is 12.2 Å². The predicted molar refractivity (Wildman–Crippen MR) is 56.4 cm³/mol. The quantitative estimate of drug-likeness (QED) is 0.235. The summed E-state index contributed by atoms with van der Waals surface area (Å²) in [5, 5.41) is 47.1. The molecule has 8 heteroatoms. The topological polar surface area (TPSA) is 152 Å². The van der Waals surface area contributed by atoms with Crippen LogP contribution in [-0.2, 0) is 14.4 Å². The van der Waals surface area contributed by atoms with E-state index in [0.29, 0.717) is 6.92 Å². The normalized spacial score (nSPS) is 21.3. The van der Waals surface area contributed by atoms with Gasteiger partial charge in [0.05, 0.1) is 6.61 Å². The van der Waals surface area contributed by atoms with Crippen molar-refractivity contribution in [2.45, 2.75) is 37.3 Å². The number of hydrogen-bond acceptors (Lipinski definition) is 8. The van der Waals surface area contributed by atoms with Crippen molar-refractivity contribution in [1.82, 2.24) is 0 Å². The highest BCUT2D eigenvalue weighted by atomic mass is 16.4. The Kier molecular flexibility index (Phi) is 5.26. The summed E-state index contributed by atoms with van der Waals surface area (Å²) in [6.07, 6.45) is -4.84. The van der Waals surface area contributed by atoms with E-state index in [4.69, 9.17) is 5.11 Å². The van der Waals surface area contributed by atoms with Gasteiger partial charge in [-0.15, -0.1) is 0 Å². The van der Waals surface area contributed by atoms with E-state index in [9.17, 15) is 34.8 Å². The molecule has 0 unspecified atom stereocenters. The number of carbonyl (C=O) groups excluding carboxylic acids is 3. The van der Waals surface area contributed by atoms with E-state index >= 15 is 0 Å². The van der Waals surface area contributed by atoms with Gasteiger partial charge < -0.3 is 25.5 Å². The molecule has 18 heavy (non-hydrogen) atoms. The number of aliphatic hydroxyl groups excluding tert-OH is 3. The number of hydrogen-bond donors (Lipinski definition) is 5. The Hall–Kier alpha value is -1.19. The first-order valence-corrected chi connectivity index (χ1v) is 4.99. The first kappa shape index (κ1) is 16.8. The van der Waals surface area contributed by atoms with E-state index in [0.717, 1.165) is 6.92 Å². The molecule has 5 N–H and O–H groups in total. The monoisotopic (exact) mass is 264 g/mol. The minimum absolute atomic E-state index is 0.399. The van der Waals surface area contributed by atoms with Crippen molar-refractivity contribution in [3.8, 4) is 0 Å². The summed E-state index contributed by atoms with van der Waals surface area (Å²) in [7, 11) is 0. The van der Waals surface area contributed by atoms with Gasteiger partial charge in [0, 0.05) is 0 Å². The molecule has 0 aliphatic rings. The smallest absolute Gasteiger partial charge is 0.216 e. The second kappa shape index (κ2) is 5.63. The Bertz CT molecular complexity index is 354. The summed E-state index contributed by atoms with van der Waals surface area (Å²) in [4.78, 5) is 33.4. The number of aldehydes is 1. The number of rotatable bonds is 7. The predicted octanol–water partition coefficient (Wildman–Crippen LogP) is -3.46. The number of ketones is 2. The van der Waals surface area contributed by atoms with Crippen LogP contribution in [0.5, 0.6) is 0 Å². The largest absolute Gasteiger partial charge is 0.394 e. The third-order valence-corrected chi connectivity index (χ3v) is 2.80. The van der Waals surface area contributed by atoms with Gasteiger partial charge >= 0.3 is 0 Å². The standard InChI is InChI=1S/C10H16O8/c1-5(13)9(17,4-12)10(18,6(2)14)8(16)7(15)3-11/h4,7-8,11,15-18H,3H2,1-2H3/t7-,8-,9+,10+/m1/s1. The van der Waals surface area contributed by atoms with Gasteiger partial charge in [-0.1, -0.05) is 0 Å². The van der Waals surface area contributed by atoms with Crippen LogP contribution in [0.2, 0.25) is 0 Å². The molecule has 0 aliphatic heterocycles. The SMILES string of the molecule is CC(=O)[C@@](O)(C=O)[C@](O)(C(C)=O)[C@H](O)[C@H](O)CO. The number of carbonyl (C=O) groups is 3. The maximum Gasteiger partial charge on any atom is 0.216 e. The molecule has 0 aromatic carbocycles. The van der Waals surface area contributed by atoms with Crippen LogP contribution in [0.15, 0.2) is 0 Å². The zero-order valence-electron chi connectivity index (χ0n) is 9.90. The highest BCUT2D eigenvalue weighted by Gasteiger charge is 2.62. The zero-order valence-corrected chi connectivity index (χ0v) is 9.90. The lowest BCUT2D eigenvalue weighted by Crippen LogP contribution is -2.71. The molecule has 0 heterocycles. The van der Waals surface area contributed by atoms with Gasteiger partial charge in [-0.05, 0) is 13.8 Å². The molecule has 4 atom stereocenters. The molecule has 0 aliphatic carbocycles. The van der Waals surface area contributed by atoms with Crippen molar-refractivity contribution in [3.05, 3.63) is 0 Å². The maximum absolute atomic E-state index is 11.4. The molecule has 0 rings (SSSR count). The highest BCUT2D eigenvalue weighted by Crippen LogP contribution is 2.29. The molecule has 0 saturated heterocycles. The fourth-order valence-electron chi connectivity index (χ4n) is 1.52. The van der Waals surface area contributed by atoms with Crippen LogP contribution in [0.1, 0.15) is 13.8 Å². The van der Waals surface area contributed by atoms with Gasteiger partial charge in [0.2, 0.25) is 5.60 Å². The Morgan fingerprint density at radius 3 is 1.83 bits per heavy atom. The molecule has 0 aromatic heterocycles. The molecule has 0 spiro atoms. The first-order chi connectivity index (χ1) is 8.09. The van der Waals surface area contributed by atoms with Crippen LogP contribution < -0.4 is 0 Å². The van der Waals surface area contributed by atoms with Gasteiger partial charge in [-0.3, -0.25) is 14.4 Å². The molecule has 8 nitrogen and oxygen atoms in total. The fraction of sp³-hybridized carbons (Fsp3) is 0.700. The molecule has 0 fully saturated rings. The van der Waals surface area contributed by atoms with Gasteiger partial charge in [-0.2, -0.15) is 0 Å². The van der Waals surface area contributed by atoms with Crippen LogP contribution in [0, 0.1) is 0 Å². The van der Waals surface area contributed by atoms with Gasteiger partial charge in [0.15, 0.2) is 23.5 Å². The molecule has 0 bridgehead atoms. The fourth-order valence-corrected chi connectivity index (χ4v) is 1.52. The Morgan fingerprint density at radius 2 is 1.61 bits per heavy atom. The Morgan fingerprint density at radius 1 is 1.17 bits per heavy atom. The lowest BCUT2D eigenvalue weighted by atomic mass is 9.73. The van der Waals surface area contributed by atoms with E-state index in [-0.39, 0.29) is 0 Å². The Labute approximate surface area is 102 Å². The third-order valence-electron chi connectivity index (χ3n) is 2.80. The third kappa shape index (κ3) is 2.33. The molecule has 0 amide bonds. The molecule has 0 radical (unpaired) electrons. The van der Waals surface area contributed by atoms with Gasteiger partial charge in [0.25, 0.3) is 0 Å². The minimum Gasteiger partial charge on any atom is -0.394 e. The minimum atomic E-state index is -3.25. The van der Waals surface area contributed by atoms with Crippen molar-refractivity contribution in [1.29, 1.82) is 0 Å². The van der Waals surface area contributed by atoms with E-state index in [2.05, 4.69) is 0 Å². The number of Topliss-reactive ketones (excluding diaryl/α,β-unsaturated/α-hetero) is 2. The lowest BCUT2D eigenvalue weighted by Gasteiger charge is -2.40. The highest BCUT2D eigenvalue weighted by molar-refractivity contribution is 6.08. The lowest BCUT2D eigenvalue weighted by molar-refractivity contribution is -0.212. The summed E-state index contributed by atoms with van der Waals surface area (Å²) in [6, 6.07) is 0. The van der Waals surface area contributed by atoms with E-state index < -0.39 is 47.9 Å². The zero-order chi connectivity index (χ0) is 14.7. The summed E-state index contributed by atoms with van der Waals surface area (Å²) in [5.74, 6) is -2.60. The van der Waals surface area contributed by atoms with Crippen LogP contribution in [-0.4, -0.2) is 73.4 Å². The van der Waals surface area contributed by atoms with E-state index in [1.54, 1.807) is 0 Å². The molecule has 0 aromatic rings. The van der Waals surface area contributed by atoms with Crippen LogP contribution in [0.25, 0.3) is 0 Å². The van der Waals surface area contributed by atoms with Crippen molar-refractivity contribution in [3.63, 3.8) is 0 Å². The maximum atomic E-state index is 11.4. The first-order valence-electron chi connectivity index (χ1n) is 4.99. The molecule has 104 valence electrons. The molecule has 0 saturated carbocycles. The van der Waals surface area contributed by atoms with Crippen LogP contribution in [0.3, 0.4) is 0 Å². The second-order valence-corrected chi connectivity index (χ2v) is 3.96. The van der Waals surface area contributed by atoms with Crippen molar-refractivity contribution < 1.29 is 39.9 Å². The summed E-state index contributed by atoms with van der Waals surface area (Å²) in [5.41, 5.74) is -6.46. The average Bonchev–Trinajstić information content (AvgIpc) is 2.33.